The van der Waals surface area contributed by atoms with E-state index in [1.54, 1.807) is 13.0 Å². The molecule has 1 fully saturated rings. The zero-order chi connectivity index (χ0) is 22.9. The third-order valence-electron chi connectivity index (χ3n) is 6.00. The van der Waals surface area contributed by atoms with Gasteiger partial charge in [0.25, 0.3) is 5.91 Å². The number of hydrogen-bond donors (Lipinski definition) is 2. The number of sulfonamides is 1. The van der Waals surface area contributed by atoms with Crippen LogP contribution in [0.2, 0.25) is 0 Å². The quantitative estimate of drug-likeness (QED) is 0.718. The highest BCUT2D eigenvalue weighted by Gasteiger charge is 2.33. The maximum absolute atomic E-state index is 13.1. The molecule has 2 amide bonds. The predicted octanol–water partition coefficient (Wildman–Crippen LogP) is 3.01. The maximum atomic E-state index is 13.1. The molecule has 2 N–H and O–H groups in total. The third-order valence-corrected chi connectivity index (χ3v) is 7.90. The molecule has 2 aromatic carbocycles. The Morgan fingerprint density at radius 1 is 1.19 bits per heavy atom. The van der Waals surface area contributed by atoms with Crippen molar-refractivity contribution in [2.45, 2.75) is 44.1 Å². The summed E-state index contributed by atoms with van der Waals surface area (Å²) in [5.74, 6) is -0.197. The van der Waals surface area contributed by atoms with E-state index in [4.69, 9.17) is 4.74 Å². The van der Waals surface area contributed by atoms with Crippen molar-refractivity contribution in [2.75, 3.05) is 23.7 Å². The van der Waals surface area contributed by atoms with E-state index < -0.39 is 16.1 Å². The average Bonchev–Trinajstić information content (AvgIpc) is 2.80. The first-order valence-corrected chi connectivity index (χ1v) is 12.2. The molecule has 32 heavy (non-hydrogen) atoms. The molecule has 2 heterocycles. The van der Waals surface area contributed by atoms with Gasteiger partial charge in [0, 0.05) is 24.7 Å². The molecule has 0 aliphatic carbocycles. The van der Waals surface area contributed by atoms with Gasteiger partial charge in [-0.05, 0) is 56.0 Å². The highest BCUT2D eigenvalue weighted by molar-refractivity contribution is 7.89. The fourth-order valence-corrected chi connectivity index (χ4v) is 5.54. The molecule has 9 heteroatoms. The van der Waals surface area contributed by atoms with Gasteiger partial charge >= 0.3 is 0 Å². The van der Waals surface area contributed by atoms with E-state index in [2.05, 4.69) is 10.6 Å². The number of hydrogen-bond acceptors (Lipinski definition) is 5. The number of carbonyl (C=O) groups excluding carboxylic acids is 2. The van der Waals surface area contributed by atoms with Gasteiger partial charge in [0.1, 0.15) is 5.75 Å². The van der Waals surface area contributed by atoms with Crippen molar-refractivity contribution in [1.29, 1.82) is 0 Å². The number of rotatable bonds is 5. The van der Waals surface area contributed by atoms with Gasteiger partial charge in [0.15, 0.2) is 6.10 Å². The number of carbonyl (C=O) groups is 2. The smallest absolute Gasteiger partial charge is 0.265 e. The zero-order valence-corrected chi connectivity index (χ0v) is 18.9. The van der Waals surface area contributed by atoms with Crippen LogP contribution in [0.4, 0.5) is 11.4 Å². The lowest BCUT2D eigenvalue weighted by Crippen LogP contribution is -2.41. The minimum absolute atomic E-state index is 0.0780. The first-order chi connectivity index (χ1) is 15.3. The number of nitrogens with zero attached hydrogens (tertiary/aromatic N) is 1. The number of ether oxygens (including phenoxy) is 1. The Balaban J connectivity index is 1.42. The Labute approximate surface area is 188 Å². The van der Waals surface area contributed by atoms with E-state index in [9.17, 15) is 18.0 Å². The van der Waals surface area contributed by atoms with E-state index in [0.29, 0.717) is 24.3 Å². The molecule has 2 aliphatic heterocycles. The van der Waals surface area contributed by atoms with Gasteiger partial charge in [-0.15, -0.1) is 0 Å². The molecular formula is C23H27N3O5S. The largest absolute Gasteiger partial charge is 0.479 e. The normalized spacial score (nSPS) is 19.6. The number of anilines is 2. The number of para-hydroxylation sites is 1. The van der Waals surface area contributed by atoms with Crippen LogP contribution in [-0.2, 0) is 26.0 Å². The molecular weight excluding hydrogens is 430 g/mol. The maximum Gasteiger partial charge on any atom is 0.265 e. The molecule has 4 rings (SSSR count). The van der Waals surface area contributed by atoms with E-state index in [1.807, 2.05) is 31.2 Å². The lowest BCUT2D eigenvalue weighted by Gasteiger charge is -2.31. The van der Waals surface area contributed by atoms with Crippen LogP contribution in [0.15, 0.2) is 47.4 Å². The summed E-state index contributed by atoms with van der Waals surface area (Å²) in [7, 11) is -3.75. The number of piperidine rings is 1. The predicted molar refractivity (Wildman–Crippen MR) is 121 cm³/mol. The average molecular weight is 458 g/mol. The van der Waals surface area contributed by atoms with E-state index >= 15 is 0 Å². The van der Waals surface area contributed by atoms with Crippen molar-refractivity contribution in [3.05, 3.63) is 48.0 Å². The van der Waals surface area contributed by atoms with Crippen molar-refractivity contribution in [3.63, 3.8) is 0 Å². The zero-order valence-electron chi connectivity index (χ0n) is 18.1. The number of nitrogens with one attached hydrogen (secondary N) is 2. The summed E-state index contributed by atoms with van der Waals surface area (Å²) in [6.45, 7) is 4.18. The molecule has 8 nitrogen and oxygen atoms in total. The molecule has 0 bridgehead atoms. The van der Waals surface area contributed by atoms with Gasteiger partial charge in [-0.3, -0.25) is 9.59 Å². The summed E-state index contributed by atoms with van der Waals surface area (Å²) >= 11 is 0. The van der Waals surface area contributed by atoms with Crippen LogP contribution in [-0.4, -0.2) is 43.7 Å². The fraction of sp³-hybridized carbons (Fsp3) is 0.391. The molecule has 2 aromatic rings. The van der Waals surface area contributed by atoms with Gasteiger partial charge in [-0.25, -0.2) is 8.42 Å². The van der Waals surface area contributed by atoms with Gasteiger partial charge in [-0.2, -0.15) is 4.31 Å². The second-order valence-corrected chi connectivity index (χ2v) is 10.0. The number of benzene rings is 2. The molecule has 1 atom stereocenters. The topological polar surface area (TPSA) is 105 Å². The molecule has 0 spiro atoms. The van der Waals surface area contributed by atoms with Gasteiger partial charge < -0.3 is 15.4 Å². The Hall–Kier alpha value is -2.91. The van der Waals surface area contributed by atoms with Crippen molar-refractivity contribution in [2.24, 2.45) is 5.92 Å². The first-order valence-electron chi connectivity index (χ1n) is 10.8. The van der Waals surface area contributed by atoms with Gasteiger partial charge in [0.05, 0.1) is 10.6 Å². The highest BCUT2D eigenvalue weighted by atomic mass is 32.2. The van der Waals surface area contributed by atoms with Crippen LogP contribution in [0.1, 0.15) is 32.3 Å². The second kappa shape index (κ2) is 8.91. The van der Waals surface area contributed by atoms with Crippen LogP contribution in [0.3, 0.4) is 0 Å². The molecule has 0 aromatic heterocycles. The Kier molecular flexibility index (Phi) is 6.21. The van der Waals surface area contributed by atoms with Crippen LogP contribution in [0.5, 0.6) is 5.75 Å². The molecule has 2 aliphatic rings. The van der Waals surface area contributed by atoms with Crippen molar-refractivity contribution in [3.8, 4) is 5.75 Å². The first kappa shape index (κ1) is 22.3. The Bertz CT molecular complexity index is 1140. The number of fused-ring (bicyclic) bond motifs is 1. The number of amides is 2. The lowest BCUT2D eigenvalue weighted by atomic mass is 9.97. The highest BCUT2D eigenvalue weighted by Crippen LogP contribution is 2.33. The van der Waals surface area contributed by atoms with E-state index in [0.717, 1.165) is 17.7 Å². The van der Waals surface area contributed by atoms with Crippen molar-refractivity contribution < 1.29 is 22.7 Å². The summed E-state index contributed by atoms with van der Waals surface area (Å²) < 4.78 is 33.2. The third kappa shape index (κ3) is 4.35. The fourth-order valence-electron chi connectivity index (χ4n) is 4.04. The lowest BCUT2D eigenvalue weighted by molar-refractivity contribution is -0.123. The minimum Gasteiger partial charge on any atom is -0.479 e. The van der Waals surface area contributed by atoms with Crippen molar-refractivity contribution >= 4 is 33.2 Å². The molecule has 1 saturated heterocycles. The summed E-state index contributed by atoms with van der Waals surface area (Å²) in [5, 5.41) is 5.68. The van der Waals surface area contributed by atoms with Crippen molar-refractivity contribution in [1.82, 2.24) is 4.31 Å². The van der Waals surface area contributed by atoms with Gasteiger partial charge in [-0.1, -0.05) is 25.1 Å². The van der Waals surface area contributed by atoms with Crippen LogP contribution in [0, 0.1) is 5.92 Å². The second-order valence-electron chi connectivity index (χ2n) is 8.09. The summed E-state index contributed by atoms with van der Waals surface area (Å²) in [5.41, 5.74) is 2.22. The molecule has 0 saturated carbocycles. The molecule has 0 radical (unpaired) electrons. The number of aryl methyl sites for hydroxylation is 1. The monoisotopic (exact) mass is 457 g/mol. The summed E-state index contributed by atoms with van der Waals surface area (Å²) in [6.07, 6.45) is 1.08. The standard InChI is InChI=1S/C23H27N3O5S/c1-3-16-6-4-5-7-19(16)24-23(28)17-10-12-26(13-11-17)32(29,30)18-8-9-21-20(14-18)25-22(27)15(2)31-21/h4-9,14-15,17H,3,10-13H2,1-2H3,(H,24,28)(H,25,27). The Morgan fingerprint density at radius 3 is 2.62 bits per heavy atom. The van der Waals surface area contributed by atoms with E-state index in [1.165, 1.54) is 16.4 Å². The van der Waals surface area contributed by atoms with E-state index in [-0.39, 0.29) is 35.7 Å². The summed E-state index contributed by atoms with van der Waals surface area (Å²) in [6, 6.07) is 12.2. The van der Waals surface area contributed by atoms with Crippen LogP contribution in [0.25, 0.3) is 0 Å². The Morgan fingerprint density at radius 2 is 1.91 bits per heavy atom. The summed E-state index contributed by atoms with van der Waals surface area (Å²) in [4.78, 5) is 24.7. The molecule has 170 valence electrons. The minimum atomic E-state index is -3.75. The van der Waals surface area contributed by atoms with Gasteiger partial charge in [0.2, 0.25) is 15.9 Å². The SMILES string of the molecule is CCc1ccccc1NC(=O)C1CCN(S(=O)(=O)c2ccc3c(c2)NC(=O)C(C)O3)CC1. The van der Waals surface area contributed by atoms with Crippen LogP contribution < -0.4 is 15.4 Å². The molecule has 1 unspecified atom stereocenters. The van der Waals surface area contributed by atoms with Crippen LogP contribution >= 0.6 is 0 Å².